The number of hydrogen-bond acceptors (Lipinski definition) is 25. The van der Waals surface area contributed by atoms with Gasteiger partial charge in [-0.1, -0.05) is 45.3 Å². The van der Waals surface area contributed by atoms with Crippen LogP contribution in [0.1, 0.15) is 36.4 Å². The molecule has 0 amide bonds. The van der Waals surface area contributed by atoms with Crippen LogP contribution < -0.4 is 34.1 Å². The second-order valence-electron chi connectivity index (χ2n) is 12.8. The minimum atomic E-state index is -5.91. The van der Waals surface area contributed by atoms with Gasteiger partial charge in [-0.2, -0.15) is 22.2 Å². The molecule has 2 aliphatic heterocycles. The van der Waals surface area contributed by atoms with E-state index in [1.54, 1.807) is 0 Å². The summed E-state index contributed by atoms with van der Waals surface area (Å²) in [6.45, 7) is -2.25. The van der Waals surface area contributed by atoms with Crippen molar-refractivity contribution < 1.29 is 112 Å². The van der Waals surface area contributed by atoms with Gasteiger partial charge in [0, 0.05) is 25.2 Å². The molecule has 0 aliphatic carbocycles. The maximum Gasteiger partial charge on any atom is 0.490 e. The van der Waals surface area contributed by atoms with E-state index < -0.39 is 114 Å². The summed E-state index contributed by atoms with van der Waals surface area (Å²) >= 11 is 0. The summed E-state index contributed by atoms with van der Waals surface area (Å²) in [6, 6.07) is 0. The number of anilines is 1. The molecular formula is C26H39N7O27P6S2. The second kappa shape index (κ2) is 24.5. The Morgan fingerprint density at radius 3 is 1.54 bits per heavy atom. The fraction of sp³-hybridized carbons (Fsp3) is 0.538. The number of aromatic nitrogens is 4. The van der Waals surface area contributed by atoms with E-state index in [0.29, 0.717) is 0 Å². The summed E-state index contributed by atoms with van der Waals surface area (Å²) in [7, 11) is -32.7. The van der Waals surface area contributed by atoms with E-state index in [-0.39, 0.29) is 54.8 Å². The topological polar surface area (TPSA) is 524 Å². The summed E-state index contributed by atoms with van der Waals surface area (Å²) in [5, 5.41) is 0. The van der Waals surface area contributed by atoms with Gasteiger partial charge in [-0.25, -0.2) is 37.0 Å². The number of ether oxygens (including phenoxy) is 4. The summed E-state index contributed by atoms with van der Waals surface area (Å²) < 4.78 is 120. The van der Waals surface area contributed by atoms with Crippen molar-refractivity contribution in [1.82, 2.24) is 19.1 Å². The van der Waals surface area contributed by atoms with E-state index in [2.05, 4.69) is 45.9 Å². The lowest BCUT2D eigenvalue weighted by Gasteiger charge is -2.21. The third-order valence-corrected chi connectivity index (χ3v) is 17.3. The van der Waals surface area contributed by atoms with Gasteiger partial charge in [0.15, 0.2) is 0 Å². The number of nitrogens with one attached hydrogen (secondary N) is 1. The average molecular weight is 1130 g/mol. The van der Waals surface area contributed by atoms with Gasteiger partial charge in [-0.15, -0.1) is 0 Å². The number of aromatic amines is 1. The molecule has 0 bridgehead atoms. The molecule has 15 N–H and O–H groups in total. The zero-order chi connectivity index (χ0) is 50.9. The monoisotopic (exact) mass is 1130 g/mol. The van der Waals surface area contributed by atoms with Crippen molar-refractivity contribution in [1.29, 1.82) is 0 Å². The molecule has 2 aromatic rings. The van der Waals surface area contributed by atoms with Crippen LogP contribution in [0.25, 0.3) is 0 Å². The Kier molecular flexibility index (Phi) is 21.0. The van der Waals surface area contributed by atoms with Crippen molar-refractivity contribution in [3.8, 4) is 23.7 Å². The van der Waals surface area contributed by atoms with Crippen LogP contribution in [0.4, 0.5) is 5.82 Å². The van der Waals surface area contributed by atoms with Gasteiger partial charge in [0.1, 0.15) is 47.9 Å². The Morgan fingerprint density at radius 1 is 0.676 bits per heavy atom. The van der Waals surface area contributed by atoms with Crippen molar-refractivity contribution in [3.05, 3.63) is 54.8 Å². The summed E-state index contributed by atoms with van der Waals surface area (Å²) in [5.41, 5.74) is 13.6. The minimum absolute atomic E-state index is 0.0577. The van der Waals surface area contributed by atoms with Crippen molar-refractivity contribution in [3.63, 3.8) is 0 Å². The Morgan fingerprint density at radius 2 is 1.10 bits per heavy atom. The number of nitrogens with zero attached hydrogens (tertiary/aromatic N) is 3. The zero-order valence-electron chi connectivity index (χ0n) is 33.7. The third kappa shape index (κ3) is 19.1. The predicted octanol–water partition coefficient (Wildman–Crippen LogP) is -1.68. The first kappa shape index (κ1) is 58.3. The van der Waals surface area contributed by atoms with Gasteiger partial charge in [-0.3, -0.25) is 28.0 Å². The molecule has 0 radical (unpaired) electrons. The highest BCUT2D eigenvalue weighted by Crippen LogP contribution is 2.67. The number of nitrogen functional groups attached to an aromatic ring is 1. The molecule has 0 aromatic carbocycles. The number of phosphoric acid groups is 6. The molecule has 382 valence electrons. The third-order valence-electron chi connectivity index (χ3n) is 7.96. The van der Waals surface area contributed by atoms with E-state index in [1.165, 1.54) is 6.20 Å². The first-order valence-electron chi connectivity index (χ1n) is 17.9. The SMILES string of the molecule is NCC#Cc1cn([C@H]2CC(OCSSCOC3C[C@H](n4cc(C#CCN)c(=O)[nH]c4=O)O[C@@H]3COP(=O)(O)OP(=O)(O)OP(=O)(O)O)[C@@H](COP(=O)(O)OP(=O)(O)OP(=O)(O)O)O2)c(=O)nc1N. The fourth-order valence-electron chi connectivity index (χ4n) is 5.50. The number of H-pyrrole nitrogens is 1. The molecule has 34 nitrogen and oxygen atoms in total. The van der Waals surface area contributed by atoms with Gasteiger partial charge in [-0.05, 0) is 0 Å². The van der Waals surface area contributed by atoms with E-state index in [9.17, 15) is 61.3 Å². The maximum atomic E-state index is 12.8. The summed E-state index contributed by atoms with van der Waals surface area (Å²) in [5.74, 6) is 9.23. The highest BCUT2D eigenvalue weighted by Gasteiger charge is 2.45. The van der Waals surface area contributed by atoms with Gasteiger partial charge >= 0.3 is 58.3 Å². The molecule has 2 fully saturated rings. The molecule has 0 saturated carbocycles. The summed E-state index contributed by atoms with van der Waals surface area (Å²) in [6.07, 6.45) is -5.99. The lowest BCUT2D eigenvalue weighted by Crippen LogP contribution is -2.33. The molecule has 0 spiro atoms. The molecule has 6 unspecified atom stereocenters. The molecule has 42 heteroatoms. The minimum Gasteiger partial charge on any atom is -0.382 e. The highest BCUT2D eigenvalue weighted by atomic mass is 33.1. The molecule has 4 heterocycles. The van der Waals surface area contributed by atoms with E-state index >= 15 is 0 Å². The standard InChI is InChI=1S/C26H39N7O27P6S2/c27-5-1-3-15-9-32(25(35)30-23(15)29)21-7-17(19(55-21)11-53-63(43,44)59-65(47,48)57-61(37,38)39)51-13-67-68-14-52-18-8-22(33-10-16(4-2-6-28)24(34)31-26(33)36)56-20(18)12-54-64(45,46)60-66(49,50)58-62(40,41)42/h9-10,17-22H,5-8,11-14,27-28H2,(H,43,44)(H,45,46)(H,47,48)(H,49,50)(H2,29,30,35)(H,31,34,36)(H2,37,38,39)(H2,40,41,42)/t17?,18?,19-,20-,21-,22-/m1/s1. The lowest BCUT2D eigenvalue weighted by molar-refractivity contribution is -0.0546. The van der Waals surface area contributed by atoms with Crippen LogP contribution in [0.15, 0.2) is 26.8 Å². The smallest absolute Gasteiger partial charge is 0.382 e. The number of rotatable bonds is 23. The first-order chi connectivity index (χ1) is 31.4. The normalized spacial score (nSPS) is 24.4. The van der Waals surface area contributed by atoms with Crippen LogP contribution in [-0.2, 0) is 72.6 Å². The van der Waals surface area contributed by atoms with Crippen molar-refractivity contribution in [2.45, 2.75) is 49.7 Å². The van der Waals surface area contributed by atoms with Crippen LogP contribution in [0.5, 0.6) is 0 Å². The number of hydrogen-bond donors (Lipinski definition) is 12. The van der Waals surface area contributed by atoms with Crippen molar-refractivity contribution in [2.24, 2.45) is 11.5 Å². The first-order valence-corrected chi connectivity index (χ1v) is 29.4. The predicted molar refractivity (Wildman–Crippen MR) is 227 cm³/mol. The van der Waals surface area contributed by atoms with Crippen molar-refractivity contribution in [2.75, 3.05) is 43.9 Å². The molecule has 2 aromatic heterocycles. The zero-order valence-corrected chi connectivity index (χ0v) is 40.7. The van der Waals surface area contributed by atoms with Gasteiger partial charge in [0.25, 0.3) is 5.56 Å². The molecule has 4 rings (SSSR count). The van der Waals surface area contributed by atoms with Crippen molar-refractivity contribution >= 4 is 74.3 Å². The molecule has 10 atom stereocenters. The van der Waals surface area contributed by atoms with Crippen LogP contribution in [-0.4, -0.2) is 121 Å². The van der Waals surface area contributed by atoms with Crippen LogP contribution >= 0.6 is 68.5 Å². The quantitative estimate of drug-likeness (QED) is 0.0194. The maximum absolute atomic E-state index is 12.8. The average Bonchev–Trinajstić information content (AvgIpc) is 3.77. The number of phosphoric ester groups is 2. The highest BCUT2D eigenvalue weighted by molar-refractivity contribution is 8.76. The van der Waals surface area contributed by atoms with Crippen LogP contribution in [0, 0.1) is 23.7 Å². The molecule has 2 saturated heterocycles. The summed E-state index contributed by atoms with van der Waals surface area (Å²) in [4.78, 5) is 118. The van der Waals surface area contributed by atoms with Crippen LogP contribution in [0.3, 0.4) is 0 Å². The largest absolute Gasteiger partial charge is 0.490 e. The molecule has 68 heavy (non-hydrogen) atoms. The Bertz CT molecular complexity index is 2750. The van der Waals surface area contributed by atoms with Gasteiger partial charge < -0.3 is 75.3 Å². The lowest BCUT2D eigenvalue weighted by atomic mass is 10.2. The van der Waals surface area contributed by atoms with Gasteiger partial charge in [0.2, 0.25) is 0 Å². The van der Waals surface area contributed by atoms with Gasteiger partial charge in [0.05, 0.1) is 44.1 Å². The second-order valence-corrected chi connectivity index (χ2v) is 24.0. The van der Waals surface area contributed by atoms with E-state index in [0.717, 1.165) is 36.9 Å². The molecular weight excluding hydrogens is 1090 g/mol. The number of nitrogens with two attached hydrogens (primary N) is 3. The van der Waals surface area contributed by atoms with Crippen LogP contribution in [0.2, 0.25) is 0 Å². The fourth-order valence-corrected chi connectivity index (χ4v) is 12.9. The Balaban J connectivity index is 1.47. The molecule has 2 aliphatic rings. The Labute approximate surface area is 387 Å². The van der Waals surface area contributed by atoms with E-state index in [1.807, 2.05) is 4.98 Å². The Hall–Kier alpha value is -2.24. The van der Waals surface area contributed by atoms with E-state index in [4.69, 9.17) is 64.8 Å².